The first kappa shape index (κ1) is 17.0. The van der Waals surface area contributed by atoms with Crippen LogP contribution in [0, 0.1) is 11.6 Å². The lowest BCUT2D eigenvalue weighted by Crippen LogP contribution is -2.11. The van der Waals surface area contributed by atoms with E-state index in [1.165, 1.54) is 6.20 Å². The number of ether oxygens (including phenoxy) is 1. The van der Waals surface area contributed by atoms with Crippen LogP contribution in [0.1, 0.15) is 30.1 Å². The number of hydrogen-bond acceptors (Lipinski definition) is 2. The number of amides is 1. The van der Waals surface area contributed by atoms with E-state index in [4.69, 9.17) is 4.74 Å². The van der Waals surface area contributed by atoms with Crippen molar-refractivity contribution in [2.45, 2.75) is 19.8 Å². The zero-order valence-electron chi connectivity index (χ0n) is 13.7. The largest absolute Gasteiger partial charge is 0.494 e. The second-order valence-electron chi connectivity index (χ2n) is 5.69. The third-order valence-electron chi connectivity index (χ3n) is 3.85. The van der Waals surface area contributed by atoms with Gasteiger partial charge in [0.25, 0.3) is 5.91 Å². The van der Waals surface area contributed by atoms with Gasteiger partial charge < -0.3 is 15.0 Å². The third kappa shape index (κ3) is 3.79. The lowest BCUT2D eigenvalue weighted by molar-refractivity contribution is 0.102. The Kier molecular flexibility index (Phi) is 4.97. The zero-order valence-corrected chi connectivity index (χ0v) is 13.7. The first-order valence-corrected chi connectivity index (χ1v) is 8.09. The maximum Gasteiger partial charge on any atom is 0.255 e. The summed E-state index contributed by atoms with van der Waals surface area (Å²) in [5, 5.41) is 3.11. The van der Waals surface area contributed by atoms with Crippen molar-refractivity contribution in [3.8, 4) is 5.75 Å². The van der Waals surface area contributed by atoms with Crippen LogP contribution in [-0.4, -0.2) is 17.5 Å². The number of nitrogens with one attached hydrogen (secondary N) is 2. The molecule has 0 unspecified atom stereocenters. The monoisotopic (exact) mass is 344 g/mol. The Labute approximate surface area is 143 Å². The number of halogens is 2. The topological polar surface area (TPSA) is 54.1 Å². The fourth-order valence-electron chi connectivity index (χ4n) is 2.45. The van der Waals surface area contributed by atoms with Crippen LogP contribution in [0.4, 0.5) is 14.5 Å². The molecule has 6 heteroatoms. The number of H-pyrrole nitrogens is 1. The van der Waals surface area contributed by atoms with Gasteiger partial charge in [0.2, 0.25) is 0 Å². The molecule has 3 aromatic rings. The Hall–Kier alpha value is -2.89. The number of aromatic amines is 1. The highest BCUT2D eigenvalue weighted by molar-refractivity contribution is 6.09. The standard InChI is InChI=1S/C19H18F2N2O2/c1-2-3-8-25-13-6-4-12(5-7-13)19(24)23-18-11-22-17-10-16(21)15(20)9-14(17)18/h4-7,9-11,22H,2-3,8H2,1H3,(H,23,24). The third-order valence-corrected chi connectivity index (χ3v) is 3.85. The molecule has 0 aliphatic rings. The Balaban J connectivity index is 1.73. The predicted molar refractivity (Wildman–Crippen MR) is 93.0 cm³/mol. The summed E-state index contributed by atoms with van der Waals surface area (Å²) in [7, 11) is 0. The fraction of sp³-hybridized carbons (Fsp3) is 0.211. The van der Waals surface area contributed by atoms with Gasteiger partial charge >= 0.3 is 0 Å². The molecule has 130 valence electrons. The first-order valence-electron chi connectivity index (χ1n) is 8.09. The normalized spacial score (nSPS) is 10.8. The maximum absolute atomic E-state index is 13.4. The Morgan fingerprint density at radius 3 is 2.60 bits per heavy atom. The lowest BCUT2D eigenvalue weighted by atomic mass is 10.2. The van der Waals surface area contributed by atoms with Gasteiger partial charge in [-0.3, -0.25) is 4.79 Å². The van der Waals surface area contributed by atoms with E-state index in [9.17, 15) is 13.6 Å². The summed E-state index contributed by atoms with van der Waals surface area (Å²) in [5.41, 5.74) is 1.25. The van der Waals surface area contributed by atoms with Gasteiger partial charge in [-0.2, -0.15) is 0 Å². The molecule has 0 bridgehead atoms. The SMILES string of the molecule is CCCCOc1ccc(C(=O)Nc2c[nH]c3cc(F)c(F)cc23)cc1. The van der Waals surface area contributed by atoms with Crippen molar-refractivity contribution in [1.82, 2.24) is 4.98 Å². The molecule has 0 fully saturated rings. The van der Waals surface area contributed by atoms with Crippen molar-refractivity contribution in [1.29, 1.82) is 0 Å². The highest BCUT2D eigenvalue weighted by Crippen LogP contribution is 2.26. The maximum atomic E-state index is 13.4. The molecule has 0 aliphatic heterocycles. The van der Waals surface area contributed by atoms with Crippen LogP contribution < -0.4 is 10.1 Å². The number of carbonyl (C=O) groups is 1. The molecule has 4 nitrogen and oxygen atoms in total. The molecule has 25 heavy (non-hydrogen) atoms. The molecular formula is C19H18F2N2O2. The Bertz CT molecular complexity index is 888. The minimum Gasteiger partial charge on any atom is -0.494 e. The van der Waals surface area contributed by atoms with Gasteiger partial charge in [0.15, 0.2) is 11.6 Å². The molecule has 1 amide bonds. The van der Waals surface area contributed by atoms with Crippen molar-refractivity contribution in [3.05, 3.63) is 59.8 Å². The average Bonchev–Trinajstić information content (AvgIpc) is 2.98. The molecule has 0 radical (unpaired) electrons. The molecule has 1 aromatic heterocycles. The van der Waals surface area contributed by atoms with E-state index in [-0.39, 0.29) is 5.91 Å². The number of rotatable bonds is 6. The van der Waals surface area contributed by atoms with Crippen LogP contribution in [-0.2, 0) is 0 Å². The van der Waals surface area contributed by atoms with Crippen LogP contribution in [0.3, 0.4) is 0 Å². The zero-order chi connectivity index (χ0) is 17.8. The summed E-state index contributed by atoms with van der Waals surface area (Å²) >= 11 is 0. The highest BCUT2D eigenvalue weighted by atomic mass is 19.2. The Morgan fingerprint density at radius 2 is 1.88 bits per heavy atom. The summed E-state index contributed by atoms with van der Waals surface area (Å²) in [4.78, 5) is 15.2. The van der Waals surface area contributed by atoms with E-state index < -0.39 is 11.6 Å². The molecule has 0 saturated heterocycles. The fourth-order valence-corrected chi connectivity index (χ4v) is 2.45. The summed E-state index contributed by atoms with van der Waals surface area (Å²) < 4.78 is 32.2. The van der Waals surface area contributed by atoms with Gasteiger partial charge in [-0.1, -0.05) is 13.3 Å². The van der Waals surface area contributed by atoms with Gasteiger partial charge in [0, 0.05) is 23.2 Å². The summed E-state index contributed by atoms with van der Waals surface area (Å²) in [6.45, 7) is 2.72. The van der Waals surface area contributed by atoms with Gasteiger partial charge in [0.1, 0.15) is 5.75 Å². The van der Waals surface area contributed by atoms with E-state index in [0.29, 0.717) is 34.5 Å². The van der Waals surface area contributed by atoms with Crippen LogP contribution in [0.15, 0.2) is 42.6 Å². The summed E-state index contributed by atoms with van der Waals surface area (Å²) in [6, 6.07) is 8.89. The molecule has 0 spiro atoms. The smallest absolute Gasteiger partial charge is 0.255 e. The van der Waals surface area contributed by atoms with E-state index >= 15 is 0 Å². The van der Waals surface area contributed by atoms with Crippen molar-refractivity contribution < 1.29 is 18.3 Å². The number of anilines is 1. The quantitative estimate of drug-likeness (QED) is 0.626. The summed E-state index contributed by atoms with van der Waals surface area (Å²) in [6.07, 6.45) is 3.53. The molecule has 0 atom stereocenters. The van der Waals surface area contributed by atoms with Gasteiger partial charge in [0.05, 0.1) is 17.8 Å². The van der Waals surface area contributed by atoms with Crippen molar-refractivity contribution in [2.75, 3.05) is 11.9 Å². The Morgan fingerprint density at radius 1 is 1.16 bits per heavy atom. The van der Waals surface area contributed by atoms with E-state index in [0.717, 1.165) is 25.0 Å². The van der Waals surface area contributed by atoms with Gasteiger partial charge in [-0.05, 0) is 36.8 Å². The summed E-state index contributed by atoms with van der Waals surface area (Å²) in [5.74, 6) is -1.54. The van der Waals surface area contributed by atoms with Crippen LogP contribution in [0.25, 0.3) is 10.9 Å². The number of hydrogen-bond donors (Lipinski definition) is 2. The van der Waals surface area contributed by atoms with E-state index in [1.807, 2.05) is 0 Å². The molecule has 3 rings (SSSR count). The predicted octanol–water partition coefficient (Wildman–Crippen LogP) is 4.88. The number of unbranched alkanes of at least 4 members (excludes halogenated alkanes) is 1. The van der Waals surface area contributed by atoms with E-state index in [2.05, 4.69) is 17.2 Å². The molecule has 1 heterocycles. The van der Waals surface area contributed by atoms with Crippen LogP contribution in [0.5, 0.6) is 5.75 Å². The van der Waals surface area contributed by atoms with E-state index in [1.54, 1.807) is 24.3 Å². The lowest BCUT2D eigenvalue weighted by Gasteiger charge is -2.07. The van der Waals surface area contributed by atoms with Crippen LogP contribution >= 0.6 is 0 Å². The van der Waals surface area contributed by atoms with Crippen molar-refractivity contribution in [2.24, 2.45) is 0 Å². The molecular weight excluding hydrogens is 326 g/mol. The van der Waals surface area contributed by atoms with Crippen molar-refractivity contribution in [3.63, 3.8) is 0 Å². The molecule has 2 aromatic carbocycles. The van der Waals surface area contributed by atoms with Crippen LogP contribution in [0.2, 0.25) is 0 Å². The number of aromatic nitrogens is 1. The highest BCUT2D eigenvalue weighted by Gasteiger charge is 2.12. The number of carbonyl (C=O) groups excluding carboxylic acids is 1. The molecule has 2 N–H and O–H groups in total. The second-order valence-corrected chi connectivity index (χ2v) is 5.69. The average molecular weight is 344 g/mol. The van der Waals surface area contributed by atoms with Gasteiger partial charge in [-0.25, -0.2) is 8.78 Å². The van der Waals surface area contributed by atoms with Gasteiger partial charge in [-0.15, -0.1) is 0 Å². The second kappa shape index (κ2) is 7.34. The molecule has 0 saturated carbocycles. The first-order chi connectivity index (χ1) is 12.1. The number of fused-ring (bicyclic) bond motifs is 1. The van der Waals surface area contributed by atoms with Crippen molar-refractivity contribution >= 4 is 22.5 Å². The minimum atomic E-state index is -0.962. The minimum absolute atomic E-state index is 0.342. The molecule has 0 aliphatic carbocycles. The number of benzene rings is 2.